The maximum absolute atomic E-state index is 11.8. The van der Waals surface area contributed by atoms with E-state index in [4.69, 9.17) is 4.74 Å². The molecule has 0 spiro atoms. The van der Waals surface area contributed by atoms with E-state index in [0.29, 0.717) is 24.1 Å². The van der Waals surface area contributed by atoms with E-state index in [1.54, 1.807) is 19.1 Å². The lowest BCUT2D eigenvalue weighted by molar-refractivity contribution is 0.0587. The number of amides is 1. The van der Waals surface area contributed by atoms with Crippen molar-refractivity contribution in [3.05, 3.63) is 29.3 Å². The van der Waals surface area contributed by atoms with Crippen molar-refractivity contribution in [1.29, 1.82) is 0 Å². The van der Waals surface area contributed by atoms with Crippen molar-refractivity contribution in [2.24, 2.45) is 0 Å². The lowest BCUT2D eigenvalue weighted by Crippen LogP contribution is -2.28. The molecule has 0 fully saturated rings. The summed E-state index contributed by atoms with van der Waals surface area (Å²) in [7, 11) is 1.51. The number of hydrogen-bond donors (Lipinski definition) is 3. The fraction of sp³-hybridized carbons (Fsp3) is 0.462. The first-order chi connectivity index (χ1) is 8.56. The molecule has 18 heavy (non-hydrogen) atoms. The summed E-state index contributed by atoms with van der Waals surface area (Å²) >= 11 is 0. The molecule has 0 bridgehead atoms. The highest BCUT2D eigenvalue weighted by Gasteiger charge is 2.11. The van der Waals surface area contributed by atoms with Gasteiger partial charge < -0.3 is 20.3 Å². The molecule has 1 unspecified atom stereocenters. The summed E-state index contributed by atoms with van der Waals surface area (Å²) in [5.41, 5.74) is 0.990. The number of aromatic hydroxyl groups is 1. The Kier molecular flexibility index (Phi) is 5.61. The normalized spacial score (nSPS) is 12.2. The number of phenols is 1. The van der Waals surface area contributed by atoms with Crippen molar-refractivity contribution in [2.75, 3.05) is 20.3 Å². The van der Waals surface area contributed by atoms with Crippen molar-refractivity contribution in [3.8, 4) is 5.75 Å². The SMILES string of the molecule is COCC(O)CCNC(=O)c1cccc(O)c1C. The van der Waals surface area contributed by atoms with Crippen LogP contribution >= 0.6 is 0 Å². The molecule has 1 aromatic rings. The Bertz CT molecular complexity index is 406. The molecule has 0 heterocycles. The quantitative estimate of drug-likeness (QED) is 0.701. The van der Waals surface area contributed by atoms with Crippen LogP contribution in [0, 0.1) is 6.92 Å². The first-order valence-corrected chi connectivity index (χ1v) is 5.80. The van der Waals surface area contributed by atoms with Crippen LogP contribution in [-0.4, -0.2) is 42.5 Å². The topological polar surface area (TPSA) is 78.8 Å². The molecule has 100 valence electrons. The summed E-state index contributed by atoms with van der Waals surface area (Å²) in [6, 6.07) is 4.81. The molecule has 5 heteroatoms. The maximum Gasteiger partial charge on any atom is 0.251 e. The van der Waals surface area contributed by atoms with Crippen molar-refractivity contribution >= 4 is 5.91 Å². The molecule has 3 N–H and O–H groups in total. The summed E-state index contributed by atoms with van der Waals surface area (Å²) in [4.78, 5) is 11.8. The van der Waals surface area contributed by atoms with Crippen LogP contribution in [0.2, 0.25) is 0 Å². The Labute approximate surface area is 106 Å². The third-order valence-electron chi connectivity index (χ3n) is 2.67. The van der Waals surface area contributed by atoms with E-state index in [1.807, 2.05) is 0 Å². The maximum atomic E-state index is 11.8. The highest BCUT2D eigenvalue weighted by molar-refractivity contribution is 5.96. The van der Waals surface area contributed by atoms with Crippen LogP contribution in [0.1, 0.15) is 22.3 Å². The minimum Gasteiger partial charge on any atom is -0.508 e. The van der Waals surface area contributed by atoms with Crippen molar-refractivity contribution in [3.63, 3.8) is 0 Å². The molecule has 0 radical (unpaired) electrons. The van der Waals surface area contributed by atoms with Crippen LogP contribution in [0.25, 0.3) is 0 Å². The molecule has 0 aliphatic rings. The summed E-state index contributed by atoms with van der Waals surface area (Å²) in [6.45, 7) is 2.30. The molecule has 0 aliphatic heterocycles. The van der Waals surface area contributed by atoms with Gasteiger partial charge in [0.05, 0.1) is 12.7 Å². The second-order valence-corrected chi connectivity index (χ2v) is 4.10. The largest absolute Gasteiger partial charge is 0.508 e. The summed E-state index contributed by atoms with van der Waals surface area (Å²) in [5, 5.41) is 21.6. The number of rotatable bonds is 6. The first-order valence-electron chi connectivity index (χ1n) is 5.80. The monoisotopic (exact) mass is 253 g/mol. The zero-order chi connectivity index (χ0) is 13.5. The summed E-state index contributed by atoms with van der Waals surface area (Å²) in [5.74, 6) is -0.157. The highest BCUT2D eigenvalue weighted by atomic mass is 16.5. The van der Waals surface area contributed by atoms with Crippen LogP contribution in [-0.2, 0) is 4.74 Å². The van der Waals surface area contributed by atoms with E-state index in [0.717, 1.165) is 0 Å². The van der Waals surface area contributed by atoms with Crippen molar-refractivity contribution in [1.82, 2.24) is 5.32 Å². The van der Waals surface area contributed by atoms with E-state index in [2.05, 4.69) is 5.32 Å². The molecule has 1 aromatic carbocycles. The predicted octanol–water partition coefficient (Wildman–Crippen LogP) is 0.828. The Morgan fingerprint density at radius 1 is 1.50 bits per heavy atom. The van der Waals surface area contributed by atoms with Crippen molar-refractivity contribution in [2.45, 2.75) is 19.4 Å². The minimum atomic E-state index is -0.583. The third kappa shape index (κ3) is 4.01. The smallest absolute Gasteiger partial charge is 0.251 e. The molecular weight excluding hydrogens is 234 g/mol. The van der Waals surface area contributed by atoms with Crippen LogP contribution in [0.4, 0.5) is 0 Å². The number of benzene rings is 1. The Balaban J connectivity index is 2.48. The van der Waals surface area contributed by atoms with E-state index in [-0.39, 0.29) is 18.3 Å². The Morgan fingerprint density at radius 2 is 2.22 bits per heavy atom. The number of carbonyl (C=O) groups excluding carboxylic acids is 1. The van der Waals surface area contributed by atoms with E-state index in [1.165, 1.54) is 13.2 Å². The van der Waals surface area contributed by atoms with Gasteiger partial charge in [-0.1, -0.05) is 6.07 Å². The average molecular weight is 253 g/mol. The molecule has 5 nitrogen and oxygen atoms in total. The number of methoxy groups -OCH3 is 1. The second-order valence-electron chi connectivity index (χ2n) is 4.10. The number of hydrogen-bond acceptors (Lipinski definition) is 4. The first kappa shape index (κ1) is 14.5. The van der Waals surface area contributed by atoms with Gasteiger partial charge in [-0.2, -0.15) is 0 Å². The third-order valence-corrected chi connectivity index (χ3v) is 2.67. The number of aliphatic hydroxyl groups is 1. The van der Waals surface area contributed by atoms with Gasteiger partial charge in [0.15, 0.2) is 0 Å². The molecule has 1 amide bonds. The number of aliphatic hydroxyl groups excluding tert-OH is 1. The Hall–Kier alpha value is -1.59. The number of nitrogens with one attached hydrogen (secondary N) is 1. The standard InChI is InChI=1S/C13H19NO4/c1-9-11(4-3-5-12(9)16)13(17)14-7-6-10(15)8-18-2/h3-5,10,15-16H,6-8H2,1-2H3,(H,14,17). The minimum absolute atomic E-state index is 0.0991. The predicted molar refractivity (Wildman–Crippen MR) is 67.7 cm³/mol. The molecule has 1 atom stereocenters. The van der Waals surface area contributed by atoms with Gasteiger partial charge in [0.2, 0.25) is 0 Å². The zero-order valence-corrected chi connectivity index (χ0v) is 10.6. The molecule has 1 rings (SSSR count). The van der Waals surface area contributed by atoms with E-state index >= 15 is 0 Å². The zero-order valence-electron chi connectivity index (χ0n) is 10.6. The van der Waals surface area contributed by atoms with Gasteiger partial charge in [-0.3, -0.25) is 4.79 Å². The Morgan fingerprint density at radius 3 is 2.89 bits per heavy atom. The molecule has 0 aromatic heterocycles. The fourth-order valence-corrected chi connectivity index (χ4v) is 1.59. The number of carbonyl (C=O) groups is 1. The summed E-state index contributed by atoms with van der Waals surface area (Å²) < 4.78 is 4.78. The van der Waals surface area contributed by atoms with Crippen molar-refractivity contribution < 1.29 is 19.7 Å². The molecule has 0 aliphatic carbocycles. The highest BCUT2D eigenvalue weighted by Crippen LogP contribution is 2.19. The lowest BCUT2D eigenvalue weighted by atomic mass is 10.1. The molecule has 0 saturated carbocycles. The summed E-state index contributed by atoms with van der Waals surface area (Å²) in [6.07, 6.45) is -0.155. The van der Waals surface area contributed by atoms with Gasteiger partial charge >= 0.3 is 0 Å². The van der Waals surface area contributed by atoms with Gasteiger partial charge in [0.1, 0.15) is 5.75 Å². The van der Waals surface area contributed by atoms with Crippen LogP contribution in [0.15, 0.2) is 18.2 Å². The lowest BCUT2D eigenvalue weighted by Gasteiger charge is -2.11. The van der Waals surface area contributed by atoms with Gasteiger partial charge in [0.25, 0.3) is 5.91 Å². The number of ether oxygens (including phenoxy) is 1. The van der Waals surface area contributed by atoms with Gasteiger partial charge in [0, 0.05) is 24.8 Å². The van der Waals surface area contributed by atoms with Gasteiger partial charge in [-0.25, -0.2) is 0 Å². The van der Waals surface area contributed by atoms with Gasteiger partial charge in [-0.05, 0) is 25.5 Å². The van der Waals surface area contributed by atoms with Crippen LogP contribution < -0.4 is 5.32 Å². The number of phenolic OH excluding ortho intramolecular Hbond substituents is 1. The van der Waals surface area contributed by atoms with Crippen LogP contribution in [0.5, 0.6) is 5.75 Å². The van der Waals surface area contributed by atoms with Gasteiger partial charge in [-0.15, -0.1) is 0 Å². The average Bonchev–Trinajstić information content (AvgIpc) is 2.33. The van der Waals surface area contributed by atoms with E-state index in [9.17, 15) is 15.0 Å². The molecular formula is C13H19NO4. The fourth-order valence-electron chi connectivity index (χ4n) is 1.59. The van der Waals surface area contributed by atoms with E-state index < -0.39 is 6.10 Å². The molecule has 0 saturated heterocycles. The van der Waals surface area contributed by atoms with Crippen LogP contribution in [0.3, 0.4) is 0 Å². The second kappa shape index (κ2) is 6.98.